The second-order valence-electron chi connectivity index (χ2n) is 6.25. The summed E-state index contributed by atoms with van der Waals surface area (Å²) in [4.78, 5) is 23.1. The average Bonchev–Trinajstić information content (AvgIpc) is 2.63. The number of nitrogens with zero attached hydrogens (tertiary/aromatic N) is 3. The third kappa shape index (κ3) is 4.95. The number of halogens is 1. The minimum Gasteiger partial charge on any atom is -0.363 e. The molecule has 6 nitrogen and oxygen atoms in total. The molecule has 0 aliphatic heterocycles. The van der Waals surface area contributed by atoms with E-state index in [1.807, 2.05) is 56.3 Å². The van der Waals surface area contributed by atoms with E-state index in [1.54, 1.807) is 24.3 Å². The number of aryl methyl sites for hydroxylation is 1. The Labute approximate surface area is 163 Å². The van der Waals surface area contributed by atoms with Gasteiger partial charge in [0.25, 0.3) is 5.91 Å². The van der Waals surface area contributed by atoms with Crippen molar-refractivity contribution in [3.8, 4) is 0 Å². The number of carbonyl (C=O) groups is 1. The van der Waals surface area contributed by atoms with Crippen LogP contribution in [0.3, 0.4) is 0 Å². The first-order valence-corrected chi connectivity index (χ1v) is 8.75. The van der Waals surface area contributed by atoms with Crippen LogP contribution in [0.1, 0.15) is 16.1 Å². The van der Waals surface area contributed by atoms with Crippen LogP contribution in [0.4, 0.5) is 23.1 Å². The van der Waals surface area contributed by atoms with Gasteiger partial charge in [-0.3, -0.25) is 4.79 Å². The summed E-state index contributed by atoms with van der Waals surface area (Å²) in [6.07, 6.45) is 0. The number of hydrogen-bond acceptors (Lipinski definition) is 5. The van der Waals surface area contributed by atoms with Gasteiger partial charge in [0.2, 0.25) is 5.95 Å². The van der Waals surface area contributed by atoms with Gasteiger partial charge in [-0.2, -0.15) is 4.98 Å². The predicted octanol–water partition coefficient (Wildman–Crippen LogP) is 4.50. The first-order valence-electron chi connectivity index (χ1n) is 8.38. The lowest BCUT2D eigenvalue weighted by molar-refractivity contribution is 0.102. The molecule has 2 N–H and O–H groups in total. The molecule has 0 unspecified atom stereocenters. The number of hydrogen-bond donors (Lipinski definition) is 2. The van der Waals surface area contributed by atoms with E-state index in [1.165, 1.54) is 0 Å². The normalized spacial score (nSPS) is 10.4. The molecular weight excluding hydrogens is 362 g/mol. The van der Waals surface area contributed by atoms with Gasteiger partial charge in [-0.1, -0.05) is 17.7 Å². The zero-order valence-electron chi connectivity index (χ0n) is 15.3. The fourth-order valence-corrected chi connectivity index (χ4v) is 2.63. The van der Waals surface area contributed by atoms with Crippen LogP contribution >= 0.6 is 11.6 Å². The van der Waals surface area contributed by atoms with E-state index >= 15 is 0 Å². The number of nitrogens with one attached hydrogen (secondary N) is 2. The molecule has 0 saturated heterocycles. The molecule has 2 aromatic carbocycles. The summed E-state index contributed by atoms with van der Waals surface area (Å²) in [7, 11) is 3.87. The maximum absolute atomic E-state index is 12.3. The monoisotopic (exact) mass is 381 g/mol. The van der Waals surface area contributed by atoms with Crippen molar-refractivity contribution < 1.29 is 4.79 Å². The molecule has 3 aromatic rings. The standard InChI is InChI=1S/C20H20ClN5O/c1-13-11-18(26(2)3)25-20(22-13)24-17-9-7-16(8-10-17)23-19(27)14-5-4-6-15(21)12-14/h4-12H,1-3H3,(H,23,27)(H,22,24,25). The van der Waals surface area contributed by atoms with Crippen molar-refractivity contribution in [3.63, 3.8) is 0 Å². The Bertz CT molecular complexity index is 957. The van der Waals surface area contributed by atoms with Crippen molar-refractivity contribution in [1.29, 1.82) is 0 Å². The number of carbonyl (C=O) groups excluding carboxylic acids is 1. The minimum atomic E-state index is -0.212. The van der Waals surface area contributed by atoms with Gasteiger partial charge in [-0.05, 0) is 49.4 Å². The van der Waals surface area contributed by atoms with E-state index in [2.05, 4.69) is 20.6 Å². The highest BCUT2D eigenvalue weighted by Crippen LogP contribution is 2.20. The average molecular weight is 382 g/mol. The van der Waals surface area contributed by atoms with Crippen molar-refractivity contribution in [3.05, 3.63) is 70.9 Å². The first-order chi connectivity index (χ1) is 12.9. The highest BCUT2D eigenvalue weighted by Gasteiger charge is 2.07. The van der Waals surface area contributed by atoms with Crippen LogP contribution in [-0.4, -0.2) is 30.0 Å². The predicted molar refractivity (Wildman–Crippen MR) is 110 cm³/mol. The fraction of sp³-hybridized carbons (Fsp3) is 0.150. The molecule has 3 rings (SSSR count). The minimum absolute atomic E-state index is 0.212. The molecule has 1 aromatic heterocycles. The summed E-state index contributed by atoms with van der Waals surface area (Å²) in [5.41, 5.74) is 2.89. The smallest absolute Gasteiger partial charge is 0.255 e. The highest BCUT2D eigenvalue weighted by atomic mass is 35.5. The molecule has 0 aliphatic rings. The zero-order chi connectivity index (χ0) is 19.4. The quantitative estimate of drug-likeness (QED) is 0.680. The zero-order valence-corrected chi connectivity index (χ0v) is 16.1. The molecule has 0 fully saturated rings. The van der Waals surface area contributed by atoms with Crippen molar-refractivity contribution in [2.24, 2.45) is 0 Å². The van der Waals surface area contributed by atoms with Crippen molar-refractivity contribution in [2.75, 3.05) is 29.6 Å². The molecule has 27 heavy (non-hydrogen) atoms. The van der Waals surface area contributed by atoms with Gasteiger partial charge in [0, 0.05) is 47.8 Å². The van der Waals surface area contributed by atoms with Crippen LogP contribution in [0.5, 0.6) is 0 Å². The summed E-state index contributed by atoms with van der Waals surface area (Å²) in [6.45, 7) is 1.92. The van der Waals surface area contributed by atoms with Crippen molar-refractivity contribution >= 4 is 40.6 Å². The molecule has 0 spiro atoms. The molecule has 0 aliphatic carbocycles. The van der Waals surface area contributed by atoms with Crippen LogP contribution in [0.15, 0.2) is 54.6 Å². The number of anilines is 4. The molecule has 0 bridgehead atoms. The van der Waals surface area contributed by atoms with E-state index in [0.29, 0.717) is 22.2 Å². The Kier molecular flexibility index (Phi) is 5.57. The summed E-state index contributed by atoms with van der Waals surface area (Å²) < 4.78 is 0. The van der Waals surface area contributed by atoms with E-state index in [-0.39, 0.29) is 5.91 Å². The van der Waals surface area contributed by atoms with Crippen LogP contribution in [-0.2, 0) is 0 Å². The van der Waals surface area contributed by atoms with Crippen LogP contribution in [0.25, 0.3) is 0 Å². The molecule has 0 radical (unpaired) electrons. The van der Waals surface area contributed by atoms with Gasteiger partial charge >= 0.3 is 0 Å². The lowest BCUT2D eigenvalue weighted by Gasteiger charge is -2.14. The van der Waals surface area contributed by atoms with E-state index < -0.39 is 0 Å². The summed E-state index contributed by atoms with van der Waals surface area (Å²) >= 11 is 5.93. The first kappa shape index (κ1) is 18.7. The second-order valence-corrected chi connectivity index (χ2v) is 6.69. The van der Waals surface area contributed by atoms with Crippen LogP contribution < -0.4 is 15.5 Å². The second kappa shape index (κ2) is 8.05. The van der Waals surface area contributed by atoms with Gasteiger partial charge in [0.1, 0.15) is 5.82 Å². The van der Waals surface area contributed by atoms with Crippen molar-refractivity contribution in [1.82, 2.24) is 9.97 Å². The number of amides is 1. The van der Waals surface area contributed by atoms with Crippen molar-refractivity contribution in [2.45, 2.75) is 6.92 Å². The van der Waals surface area contributed by atoms with Gasteiger partial charge in [0.05, 0.1) is 0 Å². The molecule has 1 amide bonds. The SMILES string of the molecule is Cc1cc(N(C)C)nc(Nc2ccc(NC(=O)c3cccc(Cl)c3)cc2)n1. The molecule has 1 heterocycles. The van der Waals surface area contributed by atoms with E-state index in [9.17, 15) is 4.79 Å². The third-order valence-corrected chi connectivity index (χ3v) is 4.02. The Balaban J connectivity index is 1.70. The Morgan fingerprint density at radius 1 is 1.00 bits per heavy atom. The number of rotatable bonds is 5. The van der Waals surface area contributed by atoms with Gasteiger partial charge in [-0.25, -0.2) is 4.98 Å². The van der Waals surface area contributed by atoms with Gasteiger partial charge < -0.3 is 15.5 Å². The molecule has 7 heteroatoms. The topological polar surface area (TPSA) is 70.2 Å². The fourth-order valence-electron chi connectivity index (χ4n) is 2.44. The number of benzene rings is 2. The molecule has 0 saturated carbocycles. The highest BCUT2D eigenvalue weighted by molar-refractivity contribution is 6.31. The number of aromatic nitrogens is 2. The summed E-state index contributed by atoms with van der Waals surface area (Å²) in [5, 5.41) is 6.55. The molecule has 138 valence electrons. The van der Waals surface area contributed by atoms with E-state index in [0.717, 1.165) is 17.2 Å². The van der Waals surface area contributed by atoms with Crippen LogP contribution in [0, 0.1) is 6.92 Å². The molecule has 0 atom stereocenters. The Morgan fingerprint density at radius 2 is 1.70 bits per heavy atom. The Morgan fingerprint density at radius 3 is 2.37 bits per heavy atom. The van der Waals surface area contributed by atoms with E-state index in [4.69, 9.17) is 11.6 Å². The van der Waals surface area contributed by atoms with Gasteiger partial charge in [-0.15, -0.1) is 0 Å². The lowest BCUT2D eigenvalue weighted by Crippen LogP contribution is -2.13. The third-order valence-electron chi connectivity index (χ3n) is 3.78. The van der Waals surface area contributed by atoms with Gasteiger partial charge in [0.15, 0.2) is 0 Å². The summed E-state index contributed by atoms with van der Waals surface area (Å²) in [5.74, 6) is 1.14. The van der Waals surface area contributed by atoms with Crippen LogP contribution in [0.2, 0.25) is 5.02 Å². The lowest BCUT2D eigenvalue weighted by atomic mass is 10.2. The summed E-state index contributed by atoms with van der Waals surface area (Å²) in [6, 6.07) is 16.1. The maximum atomic E-state index is 12.3. The molecular formula is C20H20ClN5O. The maximum Gasteiger partial charge on any atom is 0.255 e. The Hall–Kier alpha value is -3.12. The largest absolute Gasteiger partial charge is 0.363 e.